The van der Waals surface area contributed by atoms with Crippen molar-refractivity contribution >= 4 is 47.7 Å². The van der Waals surface area contributed by atoms with Crippen molar-refractivity contribution < 1.29 is 28.4 Å². The molecular formula is C48H48O6P2. The van der Waals surface area contributed by atoms with Gasteiger partial charge in [0.05, 0.1) is 14.2 Å². The van der Waals surface area contributed by atoms with Crippen LogP contribution in [-0.2, 0) is 0 Å². The maximum atomic E-state index is 6.96. The van der Waals surface area contributed by atoms with Gasteiger partial charge >= 0.3 is 0 Å². The summed E-state index contributed by atoms with van der Waals surface area (Å²) < 4.78 is 39.5. The van der Waals surface area contributed by atoms with Crippen LogP contribution in [0.5, 0.6) is 34.5 Å². The molecule has 8 heteroatoms. The smallest absolute Gasteiger partial charge is 0.246 e. The molecule has 286 valence electrons. The molecule has 0 radical (unpaired) electrons. The molecule has 0 fully saturated rings. The third-order valence-electron chi connectivity index (χ3n) is 10.1. The first-order valence-corrected chi connectivity index (χ1v) is 21.6. The minimum absolute atomic E-state index is 0.558. The van der Waals surface area contributed by atoms with E-state index in [0.717, 1.165) is 21.7 Å². The molecule has 8 rings (SSSR count). The summed E-state index contributed by atoms with van der Waals surface area (Å²) in [5.41, 5.74) is 6.57. The summed E-state index contributed by atoms with van der Waals surface area (Å²) in [5, 5.41) is 6.88. The van der Waals surface area contributed by atoms with Gasteiger partial charge in [0.2, 0.25) is 23.1 Å². The van der Waals surface area contributed by atoms with Crippen LogP contribution in [0, 0.1) is 27.7 Å². The second-order valence-electron chi connectivity index (χ2n) is 15.5. The predicted molar refractivity (Wildman–Crippen MR) is 232 cm³/mol. The Bertz CT molecular complexity index is 2160. The number of fused-ring (bicyclic) bond motifs is 2. The number of hydrogen-bond acceptors (Lipinski definition) is 6. The van der Waals surface area contributed by atoms with E-state index in [9.17, 15) is 0 Å². The molecule has 2 aliphatic heterocycles. The number of aryl methyl sites for hydroxylation is 4. The number of benzene rings is 6. The summed E-state index contributed by atoms with van der Waals surface area (Å²) in [5.74, 6) is 1.63. The molecule has 0 saturated heterocycles. The highest BCUT2D eigenvalue weighted by Crippen LogP contribution is 2.60. The van der Waals surface area contributed by atoms with Gasteiger partial charge < -0.3 is 28.4 Å². The minimum Gasteiger partial charge on any atom is -0.493 e. The van der Waals surface area contributed by atoms with E-state index in [1.54, 1.807) is 14.2 Å². The van der Waals surface area contributed by atoms with Gasteiger partial charge in [0.25, 0.3) is 0 Å². The normalized spacial score (nSPS) is 14.7. The monoisotopic (exact) mass is 782 g/mol. The molecule has 6 aromatic rings. The van der Waals surface area contributed by atoms with E-state index < -0.39 is 27.4 Å². The lowest BCUT2D eigenvalue weighted by atomic mass is 10.0. The van der Waals surface area contributed by atoms with Crippen molar-refractivity contribution in [1.82, 2.24) is 0 Å². The molecule has 0 unspecified atom stereocenters. The Morgan fingerprint density at radius 2 is 0.643 bits per heavy atom. The molecule has 0 bridgehead atoms. The Morgan fingerprint density at radius 3 is 0.893 bits per heavy atom. The molecule has 0 atom stereocenters. The number of methoxy groups -OCH3 is 2. The van der Waals surface area contributed by atoms with Crippen LogP contribution in [0.1, 0.15) is 49.9 Å². The van der Waals surface area contributed by atoms with Gasteiger partial charge in [-0.15, -0.1) is 0 Å². The number of ether oxygens (including phenoxy) is 6. The van der Waals surface area contributed by atoms with E-state index in [1.165, 1.54) is 43.5 Å². The minimum atomic E-state index is -1.20. The maximum absolute atomic E-state index is 6.96. The summed E-state index contributed by atoms with van der Waals surface area (Å²) in [6, 6.07) is 39.8. The summed E-state index contributed by atoms with van der Waals surface area (Å²) >= 11 is 0. The largest absolute Gasteiger partial charge is 0.493 e. The average molecular weight is 783 g/mol. The van der Waals surface area contributed by atoms with Crippen LogP contribution in [0.3, 0.4) is 0 Å². The van der Waals surface area contributed by atoms with Crippen LogP contribution >= 0.6 is 15.8 Å². The van der Waals surface area contributed by atoms with Crippen molar-refractivity contribution in [3.8, 4) is 45.6 Å². The van der Waals surface area contributed by atoms with Crippen LogP contribution < -0.4 is 60.2 Å². The van der Waals surface area contributed by atoms with E-state index in [4.69, 9.17) is 28.4 Å². The van der Waals surface area contributed by atoms with E-state index in [1.807, 2.05) is 27.7 Å². The Morgan fingerprint density at radius 1 is 0.393 bits per heavy atom. The lowest BCUT2D eigenvalue weighted by molar-refractivity contribution is -0.0449. The lowest BCUT2D eigenvalue weighted by Crippen LogP contribution is -2.31. The molecule has 0 saturated carbocycles. The molecule has 2 heterocycles. The van der Waals surface area contributed by atoms with Gasteiger partial charge in [0.1, 0.15) is 0 Å². The molecule has 0 N–H and O–H groups in total. The van der Waals surface area contributed by atoms with Crippen molar-refractivity contribution in [2.24, 2.45) is 0 Å². The molecular weight excluding hydrogens is 734 g/mol. The zero-order valence-corrected chi connectivity index (χ0v) is 35.5. The van der Waals surface area contributed by atoms with Gasteiger partial charge in [-0.05, 0) is 76.9 Å². The Labute approximate surface area is 333 Å². The highest BCUT2D eigenvalue weighted by atomic mass is 31.1. The number of rotatable bonds is 9. The van der Waals surface area contributed by atoms with Gasteiger partial charge in [-0.3, -0.25) is 0 Å². The fourth-order valence-electron chi connectivity index (χ4n) is 7.39. The van der Waals surface area contributed by atoms with E-state index >= 15 is 0 Å². The first-order valence-electron chi connectivity index (χ1n) is 18.9. The van der Waals surface area contributed by atoms with Gasteiger partial charge in [-0.25, -0.2) is 0 Å². The third-order valence-corrected chi connectivity index (χ3v) is 15.0. The SMILES string of the molecule is COc1cc(P(c2ccc(C)cc2)c2ccc(C)cc2)c(-c2c(P(c3ccc(C)cc3)c3ccc(C)cc3)cc(OC)c3c2OC(C)(C)O3)c2c1OC(C)(C)O2. The molecule has 0 aromatic heterocycles. The van der Waals surface area contributed by atoms with Crippen molar-refractivity contribution in [3.63, 3.8) is 0 Å². The van der Waals surface area contributed by atoms with Crippen LogP contribution in [0.2, 0.25) is 0 Å². The highest BCUT2D eigenvalue weighted by molar-refractivity contribution is 7.80. The van der Waals surface area contributed by atoms with Crippen molar-refractivity contribution in [2.45, 2.75) is 67.0 Å². The van der Waals surface area contributed by atoms with Crippen molar-refractivity contribution in [3.05, 3.63) is 131 Å². The fraction of sp³-hybridized carbons (Fsp3) is 0.250. The zero-order valence-electron chi connectivity index (χ0n) is 33.7. The van der Waals surface area contributed by atoms with E-state index in [0.29, 0.717) is 34.5 Å². The number of hydrogen-bond donors (Lipinski definition) is 0. The summed E-state index contributed by atoms with van der Waals surface area (Å²) in [6.07, 6.45) is 0. The fourth-order valence-corrected chi connectivity index (χ4v) is 12.3. The first-order chi connectivity index (χ1) is 26.8. The molecule has 2 aliphatic rings. The summed E-state index contributed by atoms with van der Waals surface area (Å²) in [7, 11) is 0.982. The summed E-state index contributed by atoms with van der Waals surface area (Å²) in [4.78, 5) is 0. The Hall–Kier alpha value is -5.02. The van der Waals surface area contributed by atoms with Crippen LogP contribution in [0.15, 0.2) is 109 Å². The van der Waals surface area contributed by atoms with Gasteiger partial charge in [-0.2, -0.15) is 0 Å². The first kappa shape index (κ1) is 37.9. The lowest BCUT2D eigenvalue weighted by Gasteiger charge is -2.29. The average Bonchev–Trinajstić information content (AvgIpc) is 3.68. The standard InChI is InChI=1S/C48H48O6P2/c1-29-11-19-33(20-12-29)55(34-21-13-30(2)14-22-34)39-27-37(49-9)43-45(53-47(5,6)51-43)41(39)42-40(28-38(50-10)44-46(42)54-48(7,8)52-44)56(35-23-15-31(3)16-24-35)36-25-17-32(4)18-26-36/h11-28H,1-10H3. The van der Waals surface area contributed by atoms with Gasteiger partial charge in [-0.1, -0.05) is 119 Å². The van der Waals surface area contributed by atoms with Crippen LogP contribution in [0.4, 0.5) is 0 Å². The molecule has 0 amide bonds. The predicted octanol–water partition coefficient (Wildman–Crippen LogP) is 9.14. The summed E-state index contributed by atoms with van der Waals surface area (Å²) in [6.45, 7) is 16.2. The van der Waals surface area contributed by atoms with Crippen molar-refractivity contribution in [1.29, 1.82) is 0 Å². The highest BCUT2D eigenvalue weighted by Gasteiger charge is 2.45. The van der Waals surface area contributed by atoms with Gasteiger partial charge in [0.15, 0.2) is 23.0 Å². The Balaban J connectivity index is 1.56. The van der Waals surface area contributed by atoms with Crippen molar-refractivity contribution in [2.75, 3.05) is 14.2 Å². The quantitative estimate of drug-likeness (QED) is 0.137. The molecule has 6 aromatic carbocycles. The second-order valence-corrected chi connectivity index (χ2v) is 19.9. The molecule has 0 spiro atoms. The Kier molecular flexibility index (Phi) is 9.80. The topological polar surface area (TPSA) is 55.4 Å². The van der Waals surface area contributed by atoms with E-state index in [2.05, 4.69) is 137 Å². The van der Waals surface area contributed by atoms with Crippen LogP contribution in [0.25, 0.3) is 11.1 Å². The zero-order chi connectivity index (χ0) is 39.5. The maximum Gasteiger partial charge on any atom is 0.246 e. The molecule has 6 nitrogen and oxygen atoms in total. The molecule has 0 aliphatic carbocycles. The van der Waals surface area contributed by atoms with Crippen LogP contribution in [-0.4, -0.2) is 25.8 Å². The third kappa shape index (κ3) is 6.99. The van der Waals surface area contributed by atoms with Gasteiger partial charge in [0, 0.05) is 49.4 Å². The van der Waals surface area contributed by atoms with E-state index in [-0.39, 0.29) is 0 Å². The second kappa shape index (κ2) is 14.5. The molecule has 56 heavy (non-hydrogen) atoms.